The van der Waals surface area contributed by atoms with Gasteiger partial charge in [-0.2, -0.15) is 6.61 Å². The summed E-state index contributed by atoms with van der Waals surface area (Å²) in [7, 11) is 0. The standard InChI is InChI=1S/C4H7O.W/c1-2-4-3-5-4;/h3-4H,2H2,1H3;/q-1;. The van der Waals surface area contributed by atoms with Crippen LogP contribution >= 0.6 is 0 Å². The molecule has 1 aliphatic rings. The summed E-state index contributed by atoms with van der Waals surface area (Å²) in [4.78, 5) is 0. The first-order chi connectivity index (χ1) is 2.43. The predicted molar refractivity (Wildman–Crippen MR) is 19.5 cm³/mol. The quantitative estimate of drug-likeness (QED) is 0.502. The first-order valence-electron chi connectivity index (χ1n) is 1.92. The van der Waals surface area contributed by atoms with E-state index in [1.54, 1.807) is 0 Å². The van der Waals surface area contributed by atoms with Crippen molar-refractivity contribution in [2.24, 2.45) is 0 Å². The zero-order chi connectivity index (χ0) is 3.70. The summed E-state index contributed by atoms with van der Waals surface area (Å²) in [5.74, 6) is 0. The molecule has 0 amide bonds. The van der Waals surface area contributed by atoms with E-state index in [0.717, 1.165) is 6.42 Å². The van der Waals surface area contributed by atoms with Crippen molar-refractivity contribution in [3.63, 3.8) is 0 Å². The molecule has 36 valence electrons. The van der Waals surface area contributed by atoms with Gasteiger partial charge in [0.2, 0.25) is 0 Å². The van der Waals surface area contributed by atoms with Gasteiger partial charge in [-0.1, -0.05) is 19.4 Å². The Balaban J connectivity index is 0.000000250. The molecule has 0 saturated carbocycles. The summed E-state index contributed by atoms with van der Waals surface area (Å²) in [6.07, 6.45) is 1.65. The maximum atomic E-state index is 4.73. The number of hydrogen-bond donors (Lipinski definition) is 0. The third kappa shape index (κ3) is 1.94. The van der Waals surface area contributed by atoms with Crippen molar-refractivity contribution in [3.8, 4) is 0 Å². The van der Waals surface area contributed by atoms with Gasteiger partial charge in [0, 0.05) is 21.1 Å². The molecule has 1 aliphatic heterocycles. The molecule has 0 N–H and O–H groups in total. The van der Waals surface area contributed by atoms with Crippen LogP contribution < -0.4 is 0 Å². The Kier molecular flexibility index (Phi) is 3.06. The molecule has 0 aliphatic carbocycles. The van der Waals surface area contributed by atoms with E-state index in [1.165, 1.54) is 0 Å². The largest absolute Gasteiger partial charge is 0.570 e. The fourth-order valence-electron chi connectivity index (χ4n) is 0.248. The van der Waals surface area contributed by atoms with E-state index in [1.807, 2.05) is 6.61 Å². The smallest absolute Gasteiger partial charge is 0 e. The summed E-state index contributed by atoms with van der Waals surface area (Å²) in [6.45, 7) is 3.95. The molecule has 1 fully saturated rings. The molecule has 0 aromatic carbocycles. The number of rotatable bonds is 1. The van der Waals surface area contributed by atoms with Crippen molar-refractivity contribution in [1.29, 1.82) is 0 Å². The Morgan fingerprint density at radius 1 is 1.83 bits per heavy atom. The number of ether oxygens (including phenoxy) is 1. The van der Waals surface area contributed by atoms with Crippen molar-refractivity contribution < 1.29 is 25.8 Å². The zero-order valence-electron chi connectivity index (χ0n) is 3.68. The second-order valence-electron chi connectivity index (χ2n) is 1.22. The molecule has 1 atom stereocenters. The summed E-state index contributed by atoms with van der Waals surface area (Å²) < 4.78 is 4.73. The Labute approximate surface area is 52.3 Å². The average Bonchev–Trinajstić information content (AvgIpc) is 2.12. The van der Waals surface area contributed by atoms with Gasteiger partial charge in [-0.25, -0.2) is 0 Å². The van der Waals surface area contributed by atoms with Gasteiger partial charge in [-0.3, -0.25) is 0 Å². The second kappa shape index (κ2) is 2.76. The van der Waals surface area contributed by atoms with Crippen LogP contribution in [-0.2, 0) is 25.8 Å². The molecule has 2 heteroatoms. The van der Waals surface area contributed by atoms with Crippen LogP contribution in [0.3, 0.4) is 0 Å². The van der Waals surface area contributed by atoms with Crippen molar-refractivity contribution >= 4 is 0 Å². The van der Waals surface area contributed by atoms with E-state index in [0.29, 0.717) is 6.10 Å². The first kappa shape index (κ1) is 6.65. The molecule has 1 saturated heterocycles. The van der Waals surface area contributed by atoms with E-state index in [4.69, 9.17) is 4.74 Å². The van der Waals surface area contributed by atoms with E-state index in [2.05, 4.69) is 6.92 Å². The normalized spacial score (nSPS) is 28.5. The molecule has 0 aromatic rings. The van der Waals surface area contributed by atoms with Gasteiger partial charge in [0.25, 0.3) is 0 Å². The summed E-state index contributed by atoms with van der Waals surface area (Å²) in [6, 6.07) is 0. The Hall–Kier alpha value is 0.648. The van der Waals surface area contributed by atoms with E-state index in [9.17, 15) is 0 Å². The molecule has 0 spiro atoms. The SMILES string of the molecule is CCC1[CH-]O1.[W]. The van der Waals surface area contributed by atoms with Crippen LogP contribution in [0.4, 0.5) is 0 Å². The van der Waals surface area contributed by atoms with Crippen molar-refractivity contribution in [1.82, 2.24) is 0 Å². The minimum atomic E-state index is 0. The third-order valence-electron chi connectivity index (χ3n) is 0.731. The first-order valence-corrected chi connectivity index (χ1v) is 1.92. The molecular weight excluding hydrogens is 248 g/mol. The van der Waals surface area contributed by atoms with Crippen LogP contribution in [0.25, 0.3) is 0 Å². The molecule has 1 nitrogen and oxygen atoms in total. The average molecular weight is 255 g/mol. The third-order valence-corrected chi connectivity index (χ3v) is 0.731. The summed E-state index contributed by atoms with van der Waals surface area (Å²) in [5, 5.41) is 0. The maximum absolute atomic E-state index is 4.73. The van der Waals surface area contributed by atoms with Gasteiger partial charge in [-0.05, 0) is 0 Å². The fraction of sp³-hybridized carbons (Fsp3) is 0.750. The molecule has 6 heavy (non-hydrogen) atoms. The van der Waals surface area contributed by atoms with Crippen molar-refractivity contribution in [2.45, 2.75) is 19.4 Å². The van der Waals surface area contributed by atoms with Gasteiger partial charge in [0.05, 0.1) is 0 Å². The molecule has 0 aromatic heterocycles. The van der Waals surface area contributed by atoms with Crippen LogP contribution in [0.1, 0.15) is 13.3 Å². The number of epoxide rings is 1. The maximum Gasteiger partial charge on any atom is 0 e. The number of hydrogen-bond acceptors (Lipinski definition) is 1. The molecule has 0 bridgehead atoms. The van der Waals surface area contributed by atoms with Crippen LogP contribution in [0, 0.1) is 6.61 Å². The van der Waals surface area contributed by atoms with Gasteiger partial charge in [0.1, 0.15) is 0 Å². The van der Waals surface area contributed by atoms with E-state index in [-0.39, 0.29) is 21.1 Å². The molecular formula is C4H7OW-. The van der Waals surface area contributed by atoms with Crippen molar-refractivity contribution in [3.05, 3.63) is 6.61 Å². The Bertz CT molecular complexity index is 34.5. The molecule has 0 radical (unpaired) electrons. The van der Waals surface area contributed by atoms with Crippen LogP contribution in [0.2, 0.25) is 0 Å². The zero-order valence-corrected chi connectivity index (χ0v) is 6.61. The predicted octanol–water partition coefficient (Wildman–Crippen LogP) is 0.954. The van der Waals surface area contributed by atoms with Gasteiger partial charge in [-0.15, -0.1) is 0 Å². The van der Waals surface area contributed by atoms with Crippen LogP contribution in [0.5, 0.6) is 0 Å². The van der Waals surface area contributed by atoms with Crippen molar-refractivity contribution in [2.75, 3.05) is 0 Å². The molecule has 1 unspecified atom stereocenters. The molecule has 1 heterocycles. The van der Waals surface area contributed by atoms with Gasteiger partial charge >= 0.3 is 0 Å². The Morgan fingerprint density at radius 2 is 2.33 bits per heavy atom. The van der Waals surface area contributed by atoms with E-state index < -0.39 is 0 Å². The second-order valence-corrected chi connectivity index (χ2v) is 1.22. The van der Waals surface area contributed by atoms with Gasteiger partial charge in [0.15, 0.2) is 0 Å². The summed E-state index contributed by atoms with van der Waals surface area (Å²) >= 11 is 0. The van der Waals surface area contributed by atoms with Gasteiger partial charge < -0.3 is 4.74 Å². The van der Waals surface area contributed by atoms with Crippen LogP contribution in [-0.4, -0.2) is 6.10 Å². The fourth-order valence-corrected chi connectivity index (χ4v) is 0.248. The minimum Gasteiger partial charge on any atom is -0.570 e. The molecule has 1 rings (SSSR count). The van der Waals surface area contributed by atoms with E-state index >= 15 is 0 Å². The van der Waals surface area contributed by atoms with Crippen LogP contribution in [0.15, 0.2) is 0 Å². The minimum absolute atomic E-state index is 0. The topological polar surface area (TPSA) is 12.5 Å². The Morgan fingerprint density at radius 3 is 2.33 bits per heavy atom. The summed E-state index contributed by atoms with van der Waals surface area (Å²) in [5.41, 5.74) is 0. The monoisotopic (exact) mass is 255 g/mol.